The van der Waals surface area contributed by atoms with Gasteiger partial charge in [-0.1, -0.05) is 6.08 Å². The Kier molecular flexibility index (Phi) is 4.36. The Morgan fingerprint density at radius 3 is 2.71 bits per heavy atom. The van der Waals surface area contributed by atoms with Crippen LogP contribution in [-0.2, 0) is 23.8 Å². The third-order valence-corrected chi connectivity index (χ3v) is 5.62. The summed E-state index contributed by atoms with van der Waals surface area (Å²) in [7, 11) is 0. The first-order valence-corrected chi connectivity index (χ1v) is 9.67. The molecule has 2 fully saturated rings. The van der Waals surface area contributed by atoms with Crippen molar-refractivity contribution in [3.63, 3.8) is 0 Å². The van der Waals surface area contributed by atoms with Gasteiger partial charge in [0.25, 0.3) is 12.2 Å². The summed E-state index contributed by atoms with van der Waals surface area (Å²) in [5, 5.41) is 0. The number of carbonyl (C=O) groups excluding carboxylic acids is 3. The molecule has 4 aliphatic rings. The fraction of sp³-hybridized carbons (Fsp3) is 0.571. The topological polar surface area (TPSA) is 82.1 Å². The molecule has 0 radical (unpaired) electrons. The van der Waals surface area contributed by atoms with Crippen molar-refractivity contribution in [3.05, 3.63) is 35.1 Å². The van der Waals surface area contributed by atoms with Gasteiger partial charge in [-0.05, 0) is 58.4 Å². The number of cyclic esters (lactones) is 1. The van der Waals surface area contributed by atoms with Crippen LogP contribution < -0.4 is 0 Å². The number of ether oxygens (including phenoxy) is 3. The standard InChI is InChI=1S/C21H25NO6/c1-11-8-16(27-19(11)24)26-10-15-14-9-12-6-5-7-13(12)17(14)22(18(15)23)20(25)28-21(2,3)4/h7-8,10,12,14,16-17H,5-6,9H2,1-4H3/b15-10+/t12-,14+,16-,17+/m0/s1. The van der Waals surface area contributed by atoms with E-state index in [9.17, 15) is 14.4 Å². The molecule has 7 heteroatoms. The molecule has 0 aromatic rings. The lowest BCUT2D eigenvalue weighted by Gasteiger charge is -2.27. The van der Waals surface area contributed by atoms with E-state index in [-0.39, 0.29) is 12.0 Å². The van der Waals surface area contributed by atoms with Crippen molar-refractivity contribution < 1.29 is 28.6 Å². The van der Waals surface area contributed by atoms with Crippen LogP contribution in [0.25, 0.3) is 0 Å². The largest absolute Gasteiger partial charge is 0.458 e. The molecule has 4 rings (SSSR count). The lowest BCUT2D eigenvalue weighted by molar-refractivity contribution is -0.152. The van der Waals surface area contributed by atoms with E-state index in [0.29, 0.717) is 17.1 Å². The summed E-state index contributed by atoms with van der Waals surface area (Å²) in [6.45, 7) is 6.97. The number of esters is 1. The third-order valence-electron chi connectivity index (χ3n) is 5.62. The molecule has 2 aliphatic carbocycles. The molecule has 2 heterocycles. The number of amides is 2. The highest BCUT2D eigenvalue weighted by Crippen LogP contribution is 2.52. The van der Waals surface area contributed by atoms with Crippen LogP contribution in [0.4, 0.5) is 4.79 Å². The Morgan fingerprint density at radius 2 is 2.07 bits per heavy atom. The summed E-state index contributed by atoms with van der Waals surface area (Å²) >= 11 is 0. The van der Waals surface area contributed by atoms with E-state index in [1.165, 1.54) is 11.2 Å². The number of allylic oxidation sites excluding steroid dienone is 1. The molecule has 0 unspecified atom stereocenters. The number of nitrogens with zero attached hydrogens (tertiary/aromatic N) is 1. The second-order valence-corrected chi connectivity index (χ2v) is 8.75. The highest BCUT2D eigenvalue weighted by Gasteiger charge is 2.56. The van der Waals surface area contributed by atoms with Gasteiger partial charge in [-0.2, -0.15) is 0 Å². The van der Waals surface area contributed by atoms with Gasteiger partial charge in [0.05, 0.1) is 17.9 Å². The van der Waals surface area contributed by atoms with Gasteiger partial charge < -0.3 is 14.2 Å². The van der Waals surface area contributed by atoms with Crippen molar-refractivity contribution in [1.82, 2.24) is 4.90 Å². The van der Waals surface area contributed by atoms with Crippen molar-refractivity contribution in [2.75, 3.05) is 0 Å². The summed E-state index contributed by atoms with van der Waals surface area (Å²) in [5.41, 5.74) is 1.35. The first-order chi connectivity index (χ1) is 13.2. The number of hydrogen-bond donors (Lipinski definition) is 0. The number of fused-ring (bicyclic) bond motifs is 3. The Hall–Kier alpha value is -2.57. The van der Waals surface area contributed by atoms with Crippen LogP contribution in [0.1, 0.15) is 47.0 Å². The summed E-state index contributed by atoms with van der Waals surface area (Å²) in [6.07, 6.45) is 6.40. The van der Waals surface area contributed by atoms with E-state index >= 15 is 0 Å². The van der Waals surface area contributed by atoms with Gasteiger partial charge >= 0.3 is 12.1 Å². The second kappa shape index (κ2) is 6.50. The Balaban J connectivity index is 1.61. The van der Waals surface area contributed by atoms with E-state index < -0.39 is 29.9 Å². The zero-order chi connectivity index (χ0) is 20.2. The van der Waals surface area contributed by atoms with Gasteiger partial charge in [-0.3, -0.25) is 4.79 Å². The molecule has 0 aromatic heterocycles. The lowest BCUT2D eigenvalue weighted by atomic mass is 9.96. The molecule has 0 spiro atoms. The molecular formula is C21H25NO6. The minimum atomic E-state index is -0.845. The zero-order valence-corrected chi connectivity index (χ0v) is 16.6. The zero-order valence-electron chi connectivity index (χ0n) is 16.6. The number of likely N-dealkylation sites (tertiary alicyclic amines) is 1. The van der Waals surface area contributed by atoms with Gasteiger partial charge in [0.2, 0.25) is 0 Å². The molecule has 0 N–H and O–H groups in total. The third kappa shape index (κ3) is 3.12. The fourth-order valence-corrected chi connectivity index (χ4v) is 4.48. The van der Waals surface area contributed by atoms with Crippen molar-refractivity contribution in [1.29, 1.82) is 0 Å². The maximum atomic E-state index is 13.1. The van der Waals surface area contributed by atoms with E-state index in [2.05, 4.69) is 6.08 Å². The predicted molar refractivity (Wildman–Crippen MR) is 98.6 cm³/mol. The maximum absolute atomic E-state index is 13.1. The molecule has 1 saturated carbocycles. The maximum Gasteiger partial charge on any atom is 0.417 e. The number of imide groups is 1. The highest BCUT2D eigenvalue weighted by molar-refractivity contribution is 6.06. The Labute approximate surface area is 164 Å². The molecule has 2 aliphatic heterocycles. The van der Waals surface area contributed by atoms with Crippen LogP contribution in [0.15, 0.2) is 35.1 Å². The average molecular weight is 387 g/mol. The molecular weight excluding hydrogens is 362 g/mol. The van der Waals surface area contributed by atoms with Gasteiger partial charge in [-0.15, -0.1) is 0 Å². The molecule has 150 valence electrons. The molecule has 28 heavy (non-hydrogen) atoms. The predicted octanol–water partition coefficient (Wildman–Crippen LogP) is 3.22. The highest BCUT2D eigenvalue weighted by atomic mass is 16.7. The minimum absolute atomic E-state index is 0.126. The van der Waals surface area contributed by atoms with E-state index in [1.807, 2.05) is 0 Å². The van der Waals surface area contributed by atoms with Crippen LogP contribution in [0.2, 0.25) is 0 Å². The number of rotatable bonds is 2. The smallest absolute Gasteiger partial charge is 0.417 e. The summed E-state index contributed by atoms with van der Waals surface area (Å²) in [4.78, 5) is 38.6. The number of hydrogen-bond acceptors (Lipinski definition) is 6. The van der Waals surface area contributed by atoms with Gasteiger partial charge in [0.15, 0.2) is 0 Å². The lowest BCUT2D eigenvalue weighted by Crippen LogP contribution is -2.43. The van der Waals surface area contributed by atoms with Crippen LogP contribution in [0.5, 0.6) is 0 Å². The molecule has 0 aromatic carbocycles. The van der Waals surface area contributed by atoms with Crippen LogP contribution >= 0.6 is 0 Å². The second-order valence-electron chi connectivity index (χ2n) is 8.75. The number of carbonyl (C=O) groups is 3. The van der Waals surface area contributed by atoms with Crippen molar-refractivity contribution in [3.8, 4) is 0 Å². The van der Waals surface area contributed by atoms with Crippen molar-refractivity contribution in [2.45, 2.75) is 64.9 Å². The molecule has 0 bridgehead atoms. The monoisotopic (exact) mass is 387 g/mol. The Morgan fingerprint density at radius 1 is 1.32 bits per heavy atom. The van der Waals surface area contributed by atoms with Crippen molar-refractivity contribution >= 4 is 18.0 Å². The van der Waals surface area contributed by atoms with Crippen molar-refractivity contribution in [2.24, 2.45) is 11.8 Å². The first-order valence-electron chi connectivity index (χ1n) is 9.67. The average Bonchev–Trinajstić information content (AvgIpc) is 3.28. The van der Waals surface area contributed by atoms with Crippen LogP contribution in [0, 0.1) is 11.8 Å². The van der Waals surface area contributed by atoms with Gasteiger partial charge in [-0.25, -0.2) is 14.5 Å². The molecule has 7 nitrogen and oxygen atoms in total. The SMILES string of the molecule is CC1=C[C@@H](O/C=C2/C(=O)N(C(=O)OC(C)(C)C)[C@@H]3C4=CCC[C@H]4C[C@H]23)OC1=O. The Bertz CT molecular complexity index is 830. The van der Waals surface area contributed by atoms with Gasteiger partial charge in [0, 0.05) is 17.6 Å². The van der Waals surface area contributed by atoms with Crippen LogP contribution in [-0.4, -0.2) is 40.8 Å². The normalized spacial score (nSPS) is 32.9. The first kappa shape index (κ1) is 18.8. The summed E-state index contributed by atoms with van der Waals surface area (Å²) < 4.78 is 16.1. The summed E-state index contributed by atoms with van der Waals surface area (Å²) in [6, 6.07) is -0.312. The summed E-state index contributed by atoms with van der Waals surface area (Å²) in [5.74, 6) is -0.586. The van der Waals surface area contributed by atoms with E-state index in [4.69, 9.17) is 14.2 Å². The quantitative estimate of drug-likeness (QED) is 0.313. The van der Waals surface area contributed by atoms with Gasteiger partial charge in [0.1, 0.15) is 5.60 Å². The molecule has 1 saturated heterocycles. The van der Waals surface area contributed by atoms with E-state index in [0.717, 1.165) is 24.8 Å². The molecule has 2 amide bonds. The van der Waals surface area contributed by atoms with Crippen LogP contribution in [0.3, 0.4) is 0 Å². The van der Waals surface area contributed by atoms with E-state index in [1.54, 1.807) is 33.8 Å². The molecule has 4 atom stereocenters. The minimum Gasteiger partial charge on any atom is -0.458 e. The fourth-order valence-electron chi connectivity index (χ4n) is 4.48.